The van der Waals surface area contributed by atoms with E-state index in [9.17, 15) is 14.4 Å². The van der Waals surface area contributed by atoms with Crippen LogP contribution in [0.1, 0.15) is 50.4 Å². The Balaban J connectivity index is 2.30. The lowest BCUT2D eigenvalue weighted by molar-refractivity contribution is -0.118. The van der Waals surface area contributed by atoms with Gasteiger partial charge in [0.05, 0.1) is 29.3 Å². The van der Waals surface area contributed by atoms with Crippen LogP contribution in [0.3, 0.4) is 0 Å². The topological polar surface area (TPSA) is 90.3 Å². The largest absolute Gasteiger partial charge is 0.465 e. The zero-order valence-electron chi connectivity index (χ0n) is 17.5. The van der Waals surface area contributed by atoms with Gasteiger partial charge in [-0.1, -0.05) is 45.4 Å². The van der Waals surface area contributed by atoms with Crippen LogP contribution in [0.15, 0.2) is 28.2 Å². The predicted molar refractivity (Wildman–Crippen MR) is 115 cm³/mol. The average molecular weight is 420 g/mol. The van der Waals surface area contributed by atoms with E-state index in [2.05, 4.69) is 17.2 Å². The number of thioether (sulfide) groups is 1. The molecule has 0 fully saturated rings. The second-order valence-corrected chi connectivity index (χ2v) is 8.22. The van der Waals surface area contributed by atoms with E-state index in [4.69, 9.17) is 4.74 Å². The minimum atomic E-state index is -0.485. The van der Waals surface area contributed by atoms with Crippen molar-refractivity contribution in [2.24, 2.45) is 5.92 Å². The highest BCUT2D eigenvalue weighted by molar-refractivity contribution is 7.99. The van der Waals surface area contributed by atoms with Crippen molar-refractivity contribution in [2.75, 3.05) is 19.4 Å². The van der Waals surface area contributed by atoms with Crippen LogP contribution in [-0.2, 0) is 16.1 Å². The fourth-order valence-electron chi connectivity index (χ4n) is 2.87. The Morgan fingerprint density at radius 1 is 1.28 bits per heavy atom. The van der Waals surface area contributed by atoms with Gasteiger partial charge >= 0.3 is 5.97 Å². The van der Waals surface area contributed by atoms with Crippen molar-refractivity contribution in [3.63, 3.8) is 0 Å². The molecule has 0 radical (unpaired) electrons. The van der Waals surface area contributed by atoms with Crippen LogP contribution >= 0.6 is 11.8 Å². The van der Waals surface area contributed by atoms with E-state index in [1.54, 1.807) is 22.8 Å². The molecule has 2 aromatic rings. The molecule has 0 bridgehead atoms. The maximum atomic E-state index is 13.0. The lowest BCUT2D eigenvalue weighted by Gasteiger charge is -2.15. The van der Waals surface area contributed by atoms with Gasteiger partial charge in [-0.15, -0.1) is 0 Å². The van der Waals surface area contributed by atoms with Gasteiger partial charge in [-0.05, 0) is 30.5 Å². The van der Waals surface area contributed by atoms with Crippen LogP contribution in [0.4, 0.5) is 0 Å². The summed E-state index contributed by atoms with van der Waals surface area (Å²) >= 11 is 1.23. The number of carbonyl (C=O) groups excluding carboxylic acids is 2. The highest BCUT2D eigenvalue weighted by atomic mass is 32.2. The van der Waals surface area contributed by atoms with Gasteiger partial charge in [0.1, 0.15) is 0 Å². The Morgan fingerprint density at radius 3 is 2.69 bits per heavy atom. The van der Waals surface area contributed by atoms with Gasteiger partial charge in [0.15, 0.2) is 5.16 Å². The Hall–Kier alpha value is -2.35. The van der Waals surface area contributed by atoms with Crippen molar-refractivity contribution in [3.8, 4) is 0 Å². The Kier molecular flexibility index (Phi) is 8.70. The van der Waals surface area contributed by atoms with Crippen molar-refractivity contribution < 1.29 is 14.3 Å². The van der Waals surface area contributed by atoms with Gasteiger partial charge in [-0.25, -0.2) is 9.78 Å². The van der Waals surface area contributed by atoms with E-state index in [0.717, 1.165) is 19.3 Å². The van der Waals surface area contributed by atoms with Gasteiger partial charge in [0.2, 0.25) is 5.91 Å². The number of ether oxygens (including phenoxy) is 1. The molecule has 1 amide bonds. The van der Waals surface area contributed by atoms with Crippen LogP contribution in [0.2, 0.25) is 0 Å². The van der Waals surface area contributed by atoms with E-state index >= 15 is 0 Å². The first-order valence-electron chi connectivity index (χ1n) is 9.89. The average Bonchev–Trinajstić information content (AvgIpc) is 2.70. The third-order valence-electron chi connectivity index (χ3n) is 4.32. The minimum absolute atomic E-state index is 0.0835. The molecule has 7 nitrogen and oxygen atoms in total. The molecule has 158 valence electrons. The molecule has 0 spiro atoms. The lowest BCUT2D eigenvalue weighted by atomic mass is 10.1. The number of esters is 1. The smallest absolute Gasteiger partial charge is 0.337 e. The maximum absolute atomic E-state index is 13.0. The number of rotatable bonds is 10. The van der Waals surface area contributed by atoms with Crippen molar-refractivity contribution in [1.29, 1.82) is 0 Å². The van der Waals surface area contributed by atoms with Crippen LogP contribution in [0, 0.1) is 5.92 Å². The number of hydrogen-bond donors (Lipinski definition) is 1. The van der Waals surface area contributed by atoms with Gasteiger partial charge in [0, 0.05) is 13.1 Å². The molecule has 0 atom stereocenters. The summed E-state index contributed by atoms with van der Waals surface area (Å²) in [6.07, 6.45) is 3.13. The summed E-state index contributed by atoms with van der Waals surface area (Å²) in [7, 11) is 1.31. The zero-order valence-corrected chi connectivity index (χ0v) is 18.3. The summed E-state index contributed by atoms with van der Waals surface area (Å²) in [6, 6.07) is 4.72. The number of aromatic nitrogens is 2. The molecule has 0 aliphatic carbocycles. The number of hydrogen-bond acceptors (Lipinski definition) is 6. The first kappa shape index (κ1) is 22.9. The molecule has 1 N–H and O–H groups in total. The van der Waals surface area contributed by atoms with Gasteiger partial charge in [-0.3, -0.25) is 14.2 Å². The Morgan fingerprint density at radius 2 is 2.03 bits per heavy atom. The number of benzene rings is 1. The first-order valence-corrected chi connectivity index (χ1v) is 10.9. The SMILES string of the molecule is CCCCCNC(=O)CSc1nc2cc(C(=O)OC)ccc2c(=O)n1CC(C)C. The number of methoxy groups -OCH3 is 1. The summed E-state index contributed by atoms with van der Waals surface area (Å²) in [5, 5.41) is 3.81. The molecule has 0 aliphatic rings. The Labute approximate surface area is 175 Å². The number of amides is 1. The van der Waals surface area contributed by atoms with Gasteiger partial charge < -0.3 is 10.1 Å². The Bertz CT molecular complexity index is 924. The highest BCUT2D eigenvalue weighted by Crippen LogP contribution is 2.20. The molecule has 29 heavy (non-hydrogen) atoms. The fraction of sp³-hybridized carbons (Fsp3) is 0.524. The van der Waals surface area contributed by atoms with Crippen molar-refractivity contribution in [1.82, 2.24) is 14.9 Å². The minimum Gasteiger partial charge on any atom is -0.465 e. The normalized spacial score (nSPS) is 11.1. The summed E-state index contributed by atoms with van der Waals surface area (Å²) in [5.74, 6) is -0.150. The number of fused-ring (bicyclic) bond motifs is 1. The predicted octanol–water partition coefficient (Wildman–Crippen LogP) is 3.24. The molecular formula is C21H29N3O4S. The lowest BCUT2D eigenvalue weighted by Crippen LogP contribution is -2.28. The molecule has 0 aliphatic heterocycles. The van der Waals surface area contributed by atoms with Crippen molar-refractivity contribution >= 4 is 34.5 Å². The van der Waals surface area contributed by atoms with Crippen LogP contribution < -0.4 is 10.9 Å². The van der Waals surface area contributed by atoms with Crippen molar-refractivity contribution in [3.05, 3.63) is 34.1 Å². The van der Waals surface area contributed by atoms with E-state index in [0.29, 0.717) is 34.7 Å². The molecule has 0 saturated heterocycles. The maximum Gasteiger partial charge on any atom is 0.337 e. The van der Waals surface area contributed by atoms with Crippen LogP contribution in [0.5, 0.6) is 0 Å². The second-order valence-electron chi connectivity index (χ2n) is 7.27. The summed E-state index contributed by atoms with van der Waals surface area (Å²) < 4.78 is 6.36. The summed E-state index contributed by atoms with van der Waals surface area (Å²) in [6.45, 7) is 7.31. The van der Waals surface area contributed by atoms with E-state index in [-0.39, 0.29) is 23.1 Å². The number of nitrogens with zero attached hydrogens (tertiary/aromatic N) is 2. The van der Waals surface area contributed by atoms with Gasteiger partial charge in [-0.2, -0.15) is 0 Å². The molecule has 2 rings (SSSR count). The number of carbonyl (C=O) groups is 2. The van der Waals surface area contributed by atoms with Crippen molar-refractivity contribution in [2.45, 2.75) is 51.7 Å². The third-order valence-corrected chi connectivity index (χ3v) is 5.30. The van der Waals surface area contributed by atoms with Crippen LogP contribution in [0.25, 0.3) is 10.9 Å². The van der Waals surface area contributed by atoms with E-state index in [1.165, 1.54) is 18.9 Å². The molecule has 0 unspecified atom stereocenters. The van der Waals surface area contributed by atoms with E-state index in [1.807, 2.05) is 13.8 Å². The standard InChI is InChI=1S/C21H29N3O4S/c1-5-6-7-10-22-18(25)13-29-21-23-17-11-15(20(27)28-4)8-9-16(17)19(26)24(21)12-14(2)3/h8-9,11,14H,5-7,10,12-13H2,1-4H3,(H,22,25). The zero-order chi connectivity index (χ0) is 21.4. The quantitative estimate of drug-likeness (QED) is 0.275. The number of unbranched alkanes of at least 4 members (excludes halogenated alkanes) is 2. The third kappa shape index (κ3) is 6.32. The molecule has 8 heteroatoms. The molecule has 1 aromatic heterocycles. The monoisotopic (exact) mass is 419 g/mol. The highest BCUT2D eigenvalue weighted by Gasteiger charge is 2.16. The second kappa shape index (κ2) is 11.0. The fourth-order valence-corrected chi connectivity index (χ4v) is 3.70. The molecule has 1 heterocycles. The summed E-state index contributed by atoms with van der Waals surface area (Å²) in [4.78, 5) is 41.5. The summed E-state index contributed by atoms with van der Waals surface area (Å²) in [5.41, 5.74) is 0.577. The van der Waals surface area contributed by atoms with Gasteiger partial charge in [0.25, 0.3) is 5.56 Å². The molecule has 1 aromatic carbocycles. The van der Waals surface area contributed by atoms with Crippen LogP contribution in [-0.4, -0.2) is 40.8 Å². The molecular weight excluding hydrogens is 390 g/mol. The number of nitrogens with one attached hydrogen (secondary N) is 1. The first-order chi connectivity index (χ1) is 13.9. The van der Waals surface area contributed by atoms with E-state index < -0.39 is 5.97 Å². The molecule has 0 saturated carbocycles.